The van der Waals surface area contributed by atoms with Crippen molar-refractivity contribution in [2.45, 2.75) is 13.8 Å². The molecule has 0 unspecified atom stereocenters. The summed E-state index contributed by atoms with van der Waals surface area (Å²) < 4.78 is 26.2. The van der Waals surface area contributed by atoms with E-state index in [0.29, 0.717) is 6.07 Å². The topological polar surface area (TPSA) is 57.6 Å². The van der Waals surface area contributed by atoms with E-state index in [1.807, 2.05) is 0 Å². The molecule has 1 amide bonds. The first-order chi connectivity index (χ1) is 8.17. The molecule has 6 heteroatoms. The number of halogens is 2. The highest BCUT2D eigenvalue weighted by Crippen LogP contribution is 2.25. The quantitative estimate of drug-likeness (QED) is 0.843. The molecule has 1 aromatic rings. The van der Waals surface area contributed by atoms with Crippen LogP contribution in [0.2, 0.25) is 0 Å². The molecule has 0 aromatic heterocycles. The summed E-state index contributed by atoms with van der Waals surface area (Å²) in [5.74, 6) is -3.80. The van der Waals surface area contributed by atoms with Crippen molar-refractivity contribution in [2.75, 3.05) is 11.9 Å². The van der Waals surface area contributed by atoms with Gasteiger partial charge in [0.1, 0.15) is 17.0 Å². The van der Waals surface area contributed by atoms with Gasteiger partial charge in [0.15, 0.2) is 0 Å². The normalized spacial score (nSPS) is 11.2. The molecule has 0 spiro atoms. The van der Waals surface area contributed by atoms with Gasteiger partial charge < -0.3 is 10.0 Å². The van der Waals surface area contributed by atoms with E-state index in [9.17, 15) is 18.4 Å². The Morgan fingerprint density at radius 1 is 1.28 bits per heavy atom. The zero-order valence-corrected chi connectivity index (χ0v) is 10.2. The molecule has 0 aliphatic carbocycles. The molecule has 0 bridgehead atoms. The molecule has 0 atom stereocenters. The molecule has 98 valence electrons. The van der Waals surface area contributed by atoms with Crippen molar-refractivity contribution in [3.63, 3.8) is 0 Å². The monoisotopic (exact) mass is 257 g/mol. The third-order valence-corrected chi connectivity index (χ3v) is 2.65. The number of carboxylic acid groups (broad SMARTS) is 1. The second-order valence-electron chi connectivity index (χ2n) is 4.39. The maximum absolute atomic E-state index is 13.5. The molecule has 0 fully saturated rings. The largest absolute Gasteiger partial charge is 0.480 e. The fraction of sp³-hybridized carbons (Fsp3) is 0.333. The van der Waals surface area contributed by atoms with Gasteiger partial charge in [-0.1, -0.05) is 0 Å². The van der Waals surface area contributed by atoms with Gasteiger partial charge >= 0.3 is 5.97 Å². The zero-order valence-electron chi connectivity index (χ0n) is 10.2. The molecule has 1 rings (SSSR count). The lowest BCUT2D eigenvalue weighted by molar-refractivity contribution is -0.152. The number of carbonyl (C=O) groups excluding carboxylic acids is 1. The summed E-state index contributed by atoms with van der Waals surface area (Å²) in [4.78, 5) is 23.7. The first-order valence-corrected chi connectivity index (χ1v) is 5.14. The van der Waals surface area contributed by atoms with Crippen molar-refractivity contribution >= 4 is 17.6 Å². The van der Waals surface area contributed by atoms with Crippen LogP contribution in [0.15, 0.2) is 18.2 Å². The lowest BCUT2D eigenvalue weighted by atomic mass is 9.92. The number of aliphatic carboxylic acids is 1. The van der Waals surface area contributed by atoms with Crippen molar-refractivity contribution in [1.82, 2.24) is 0 Å². The van der Waals surface area contributed by atoms with Crippen molar-refractivity contribution in [3.05, 3.63) is 29.8 Å². The summed E-state index contributed by atoms with van der Waals surface area (Å²) in [5.41, 5.74) is -1.86. The predicted octanol–water partition coefficient (Wildman–Crippen LogP) is 2.04. The van der Waals surface area contributed by atoms with Crippen molar-refractivity contribution in [3.8, 4) is 0 Å². The van der Waals surface area contributed by atoms with Gasteiger partial charge in [0.05, 0.1) is 5.69 Å². The van der Waals surface area contributed by atoms with Crippen LogP contribution in [0.3, 0.4) is 0 Å². The first-order valence-electron chi connectivity index (χ1n) is 5.14. The Balaban J connectivity index is 3.11. The Bertz CT molecular complexity index is 500. The van der Waals surface area contributed by atoms with Crippen LogP contribution in [0.1, 0.15) is 13.8 Å². The number of amides is 1. The van der Waals surface area contributed by atoms with Crippen molar-refractivity contribution < 1.29 is 23.5 Å². The number of benzene rings is 1. The van der Waals surface area contributed by atoms with Gasteiger partial charge in [-0.2, -0.15) is 0 Å². The third kappa shape index (κ3) is 2.47. The van der Waals surface area contributed by atoms with Crippen LogP contribution in [0, 0.1) is 17.0 Å². The maximum atomic E-state index is 13.5. The van der Waals surface area contributed by atoms with Gasteiger partial charge in [-0.3, -0.25) is 9.59 Å². The highest BCUT2D eigenvalue weighted by molar-refractivity contribution is 6.08. The van der Waals surface area contributed by atoms with E-state index in [4.69, 9.17) is 5.11 Å². The number of hydrogen-bond acceptors (Lipinski definition) is 2. The Labute approximate surface area is 103 Å². The van der Waals surface area contributed by atoms with Gasteiger partial charge in [0, 0.05) is 13.1 Å². The van der Waals surface area contributed by atoms with E-state index in [1.165, 1.54) is 20.9 Å². The summed E-state index contributed by atoms with van der Waals surface area (Å²) in [5, 5.41) is 8.92. The van der Waals surface area contributed by atoms with E-state index in [-0.39, 0.29) is 5.69 Å². The lowest BCUT2D eigenvalue weighted by Crippen LogP contribution is -2.43. The minimum absolute atomic E-state index is 0.171. The van der Waals surface area contributed by atoms with Crippen LogP contribution in [0.4, 0.5) is 14.5 Å². The Kier molecular flexibility index (Phi) is 3.69. The molecule has 18 heavy (non-hydrogen) atoms. The standard InChI is InChI=1S/C12H13F2NO3/c1-12(2,11(17)18)10(16)15(3)9-5-4-7(13)6-8(9)14/h4-6H,1-3H3,(H,17,18). The van der Waals surface area contributed by atoms with Gasteiger partial charge in [-0.25, -0.2) is 8.78 Å². The fourth-order valence-corrected chi connectivity index (χ4v) is 1.37. The van der Waals surface area contributed by atoms with E-state index in [2.05, 4.69) is 0 Å². The summed E-state index contributed by atoms with van der Waals surface area (Å²) in [6, 6.07) is 2.71. The minimum atomic E-state index is -1.68. The second-order valence-corrected chi connectivity index (χ2v) is 4.39. The van der Waals surface area contributed by atoms with Crippen LogP contribution < -0.4 is 4.90 Å². The molecule has 1 aromatic carbocycles. The Morgan fingerprint density at radius 3 is 2.28 bits per heavy atom. The smallest absolute Gasteiger partial charge is 0.318 e. The van der Waals surface area contributed by atoms with Gasteiger partial charge in [-0.05, 0) is 26.0 Å². The van der Waals surface area contributed by atoms with Crippen LogP contribution >= 0.6 is 0 Å². The molecular weight excluding hydrogens is 244 g/mol. The first kappa shape index (κ1) is 14.1. The summed E-state index contributed by atoms with van der Waals surface area (Å²) >= 11 is 0. The van der Waals surface area contributed by atoms with E-state index >= 15 is 0 Å². The van der Waals surface area contributed by atoms with Crippen molar-refractivity contribution in [1.29, 1.82) is 0 Å². The van der Waals surface area contributed by atoms with Crippen molar-refractivity contribution in [2.24, 2.45) is 5.41 Å². The predicted molar refractivity (Wildman–Crippen MR) is 61.2 cm³/mol. The average molecular weight is 257 g/mol. The number of anilines is 1. The van der Waals surface area contributed by atoms with Crippen LogP contribution in [0.5, 0.6) is 0 Å². The minimum Gasteiger partial charge on any atom is -0.480 e. The van der Waals surface area contributed by atoms with Crippen LogP contribution in [-0.4, -0.2) is 24.0 Å². The second kappa shape index (κ2) is 4.72. The SMILES string of the molecule is CN(C(=O)C(C)(C)C(=O)O)c1ccc(F)cc1F. The Morgan fingerprint density at radius 2 is 1.83 bits per heavy atom. The highest BCUT2D eigenvalue weighted by Gasteiger charge is 2.39. The molecule has 0 aliphatic heterocycles. The van der Waals surface area contributed by atoms with E-state index < -0.39 is 28.9 Å². The van der Waals surface area contributed by atoms with Gasteiger partial charge in [-0.15, -0.1) is 0 Å². The molecule has 0 saturated heterocycles. The molecule has 4 nitrogen and oxygen atoms in total. The van der Waals surface area contributed by atoms with E-state index in [0.717, 1.165) is 17.0 Å². The Hall–Kier alpha value is -1.98. The molecule has 0 saturated carbocycles. The van der Waals surface area contributed by atoms with Crippen LogP contribution in [-0.2, 0) is 9.59 Å². The fourth-order valence-electron chi connectivity index (χ4n) is 1.37. The summed E-state index contributed by atoms with van der Waals surface area (Å²) in [6.45, 7) is 2.44. The number of hydrogen-bond donors (Lipinski definition) is 1. The molecule has 0 heterocycles. The number of carbonyl (C=O) groups is 2. The summed E-state index contributed by atoms with van der Waals surface area (Å²) in [7, 11) is 1.24. The third-order valence-electron chi connectivity index (χ3n) is 2.65. The lowest BCUT2D eigenvalue weighted by Gasteiger charge is -2.26. The average Bonchev–Trinajstić information content (AvgIpc) is 2.26. The maximum Gasteiger partial charge on any atom is 0.318 e. The number of rotatable bonds is 3. The number of carboxylic acids is 1. The zero-order chi connectivity index (χ0) is 14.1. The number of nitrogens with zero attached hydrogens (tertiary/aromatic N) is 1. The van der Waals surface area contributed by atoms with Gasteiger partial charge in [0.25, 0.3) is 0 Å². The van der Waals surface area contributed by atoms with E-state index in [1.54, 1.807) is 0 Å². The van der Waals surface area contributed by atoms with Gasteiger partial charge in [0.2, 0.25) is 5.91 Å². The molecule has 1 N–H and O–H groups in total. The van der Waals surface area contributed by atoms with Crippen LogP contribution in [0.25, 0.3) is 0 Å². The molecule has 0 radical (unpaired) electrons. The highest BCUT2D eigenvalue weighted by atomic mass is 19.1. The molecule has 0 aliphatic rings. The summed E-state index contributed by atoms with van der Waals surface area (Å²) in [6.07, 6.45) is 0. The molecular formula is C12H13F2NO3.